The van der Waals surface area contributed by atoms with Gasteiger partial charge >= 0.3 is 0 Å². The Bertz CT molecular complexity index is 1110. The molecule has 2 fully saturated rings. The number of anilines is 1. The summed E-state index contributed by atoms with van der Waals surface area (Å²) in [6.07, 6.45) is 5.67. The van der Waals surface area contributed by atoms with Crippen LogP contribution in [0.25, 0.3) is 11.1 Å². The van der Waals surface area contributed by atoms with Crippen molar-refractivity contribution in [3.8, 4) is 5.75 Å². The van der Waals surface area contributed by atoms with E-state index in [-0.39, 0.29) is 17.5 Å². The third kappa shape index (κ3) is 3.38. The van der Waals surface area contributed by atoms with Crippen LogP contribution in [0, 0.1) is 6.92 Å². The van der Waals surface area contributed by atoms with Gasteiger partial charge in [0.1, 0.15) is 23.7 Å². The molecule has 0 unspecified atom stereocenters. The molecule has 7 nitrogen and oxygen atoms in total. The number of para-hydroxylation sites is 1. The highest BCUT2D eigenvalue weighted by Gasteiger charge is 2.40. The first-order valence-corrected chi connectivity index (χ1v) is 10.4. The predicted molar refractivity (Wildman–Crippen MR) is 114 cm³/mol. The van der Waals surface area contributed by atoms with Gasteiger partial charge in [-0.2, -0.15) is 0 Å². The second kappa shape index (κ2) is 7.00. The van der Waals surface area contributed by atoms with Crippen molar-refractivity contribution in [3.63, 3.8) is 0 Å². The van der Waals surface area contributed by atoms with Crippen LogP contribution in [0.4, 0.5) is 5.82 Å². The number of methoxy groups -OCH3 is 1. The maximum atomic E-state index is 13.8. The van der Waals surface area contributed by atoms with Gasteiger partial charge in [0.25, 0.3) is 5.91 Å². The molecule has 0 atom stereocenters. The molecule has 1 N–H and O–H groups in total. The van der Waals surface area contributed by atoms with Crippen LogP contribution >= 0.6 is 0 Å². The molecule has 7 heteroatoms. The zero-order valence-corrected chi connectivity index (χ0v) is 17.6. The maximum absolute atomic E-state index is 13.8. The Morgan fingerprint density at radius 2 is 2.07 bits per heavy atom. The molecule has 2 aliphatic rings. The number of furan rings is 1. The molecule has 1 aromatic carbocycles. The highest BCUT2D eigenvalue weighted by atomic mass is 16.5. The summed E-state index contributed by atoms with van der Waals surface area (Å²) in [5, 5.41) is 4.17. The van der Waals surface area contributed by atoms with Crippen molar-refractivity contribution in [2.24, 2.45) is 0 Å². The first-order valence-electron chi connectivity index (χ1n) is 10.4. The molecule has 0 aliphatic heterocycles. The average Bonchev–Trinajstić information content (AvgIpc) is 3.66. The Morgan fingerprint density at radius 3 is 2.77 bits per heavy atom. The van der Waals surface area contributed by atoms with Gasteiger partial charge in [0.2, 0.25) is 5.71 Å². The fourth-order valence-corrected chi connectivity index (χ4v) is 3.91. The van der Waals surface area contributed by atoms with Crippen LogP contribution in [0.15, 0.2) is 35.0 Å². The fourth-order valence-electron chi connectivity index (χ4n) is 3.91. The summed E-state index contributed by atoms with van der Waals surface area (Å²) in [7, 11) is 1.66. The summed E-state index contributed by atoms with van der Waals surface area (Å²) >= 11 is 0. The van der Waals surface area contributed by atoms with Gasteiger partial charge in [-0.05, 0) is 45.6 Å². The van der Waals surface area contributed by atoms with Crippen LogP contribution in [0.5, 0.6) is 5.75 Å². The third-order valence-corrected chi connectivity index (χ3v) is 6.08. The molecule has 5 rings (SSSR count). The molecule has 2 aromatic heterocycles. The number of nitrogens with one attached hydrogen (secondary N) is 1. The van der Waals surface area contributed by atoms with E-state index in [4.69, 9.17) is 9.15 Å². The number of ether oxygens (including phenoxy) is 1. The number of aryl methyl sites for hydroxylation is 1. The molecule has 0 radical (unpaired) electrons. The number of rotatable bonds is 7. The smallest absolute Gasteiger partial charge is 0.258 e. The van der Waals surface area contributed by atoms with Crippen LogP contribution < -0.4 is 10.1 Å². The summed E-state index contributed by atoms with van der Waals surface area (Å²) in [5.74, 6) is 1.99. The molecular formula is C23H26N4O3. The monoisotopic (exact) mass is 406 g/mol. The Balaban J connectivity index is 1.55. The summed E-state index contributed by atoms with van der Waals surface area (Å²) in [4.78, 5) is 24.5. The van der Waals surface area contributed by atoms with E-state index in [9.17, 15) is 4.79 Å². The molecule has 2 saturated carbocycles. The summed E-state index contributed by atoms with van der Waals surface area (Å²) in [5.41, 5.74) is 2.02. The van der Waals surface area contributed by atoms with Crippen molar-refractivity contribution >= 4 is 22.8 Å². The molecule has 3 aromatic rings. The number of amides is 1. The zero-order chi connectivity index (χ0) is 20.9. The average molecular weight is 406 g/mol. The van der Waals surface area contributed by atoms with Crippen molar-refractivity contribution in [3.05, 3.63) is 47.5 Å². The Kier molecular flexibility index (Phi) is 4.41. The highest BCUT2D eigenvalue weighted by Crippen LogP contribution is 2.41. The van der Waals surface area contributed by atoms with Gasteiger partial charge in [-0.3, -0.25) is 4.79 Å². The number of aromatic nitrogens is 2. The van der Waals surface area contributed by atoms with Crippen LogP contribution in [0.3, 0.4) is 0 Å². The first-order chi connectivity index (χ1) is 14.5. The lowest BCUT2D eigenvalue weighted by atomic mass is 10.1. The standard InChI is InChI=1S/C23H26N4O3/c1-14-18(19-20(26-23(2)10-11-23)24-13-25-21(19)30-14)22(28)27(16-8-9-16)12-15-6-4-5-7-17(15)29-3/h4-7,13,16H,8-12H2,1-3H3,(H,24,25,26). The van der Waals surface area contributed by atoms with Crippen LogP contribution in [0.1, 0.15) is 54.3 Å². The van der Waals surface area contributed by atoms with Crippen molar-refractivity contribution < 1.29 is 13.9 Å². The summed E-state index contributed by atoms with van der Waals surface area (Å²) in [6.45, 7) is 4.48. The largest absolute Gasteiger partial charge is 0.496 e. The number of benzene rings is 1. The molecule has 156 valence electrons. The van der Waals surface area contributed by atoms with E-state index in [0.29, 0.717) is 34.8 Å². The van der Waals surface area contributed by atoms with Gasteiger partial charge < -0.3 is 19.4 Å². The maximum Gasteiger partial charge on any atom is 0.258 e. The van der Waals surface area contributed by atoms with E-state index < -0.39 is 0 Å². The Hall–Kier alpha value is -3.09. The number of hydrogen-bond donors (Lipinski definition) is 1. The summed E-state index contributed by atoms with van der Waals surface area (Å²) in [6, 6.07) is 8.07. The zero-order valence-electron chi connectivity index (χ0n) is 17.6. The number of nitrogens with zero attached hydrogens (tertiary/aromatic N) is 3. The van der Waals surface area contributed by atoms with Gasteiger partial charge in [0.15, 0.2) is 0 Å². The number of hydrogen-bond acceptors (Lipinski definition) is 6. The van der Waals surface area contributed by atoms with Crippen LogP contribution in [0.2, 0.25) is 0 Å². The topological polar surface area (TPSA) is 80.5 Å². The SMILES string of the molecule is COc1ccccc1CN(C(=O)c1c(C)oc2ncnc(NC3(C)CC3)c12)C1CC1. The fraction of sp³-hybridized carbons (Fsp3) is 0.435. The van der Waals surface area contributed by atoms with Crippen LogP contribution in [-0.2, 0) is 6.54 Å². The van der Waals surface area contributed by atoms with E-state index in [1.807, 2.05) is 36.1 Å². The highest BCUT2D eigenvalue weighted by molar-refractivity contribution is 6.10. The molecular weight excluding hydrogens is 380 g/mol. The normalized spacial score (nSPS) is 17.0. The van der Waals surface area contributed by atoms with Gasteiger partial charge in [0.05, 0.1) is 18.1 Å². The van der Waals surface area contributed by atoms with Crippen molar-refractivity contribution in [1.82, 2.24) is 14.9 Å². The molecule has 0 spiro atoms. The third-order valence-electron chi connectivity index (χ3n) is 6.08. The lowest BCUT2D eigenvalue weighted by Gasteiger charge is -2.24. The van der Waals surface area contributed by atoms with Crippen molar-refractivity contribution in [2.45, 2.75) is 57.7 Å². The minimum absolute atomic E-state index is 0.0281. The van der Waals surface area contributed by atoms with E-state index in [1.165, 1.54) is 6.33 Å². The molecule has 30 heavy (non-hydrogen) atoms. The molecule has 2 heterocycles. The molecule has 2 aliphatic carbocycles. The molecule has 0 bridgehead atoms. The quantitative estimate of drug-likeness (QED) is 0.630. The summed E-state index contributed by atoms with van der Waals surface area (Å²) < 4.78 is 11.4. The number of carbonyl (C=O) groups excluding carboxylic acids is 1. The Labute approximate surface area is 175 Å². The minimum atomic E-state index is -0.0431. The van der Waals surface area contributed by atoms with Gasteiger partial charge in [-0.1, -0.05) is 18.2 Å². The van der Waals surface area contributed by atoms with Gasteiger partial charge in [-0.15, -0.1) is 0 Å². The lowest BCUT2D eigenvalue weighted by Crippen LogP contribution is -2.33. The van der Waals surface area contributed by atoms with Gasteiger partial charge in [0, 0.05) is 23.7 Å². The van der Waals surface area contributed by atoms with Crippen LogP contribution in [-0.4, -0.2) is 39.5 Å². The van der Waals surface area contributed by atoms with E-state index in [0.717, 1.165) is 37.0 Å². The van der Waals surface area contributed by atoms with E-state index >= 15 is 0 Å². The molecule has 1 amide bonds. The van der Waals surface area contributed by atoms with E-state index in [2.05, 4.69) is 22.2 Å². The first kappa shape index (κ1) is 18.9. The van der Waals surface area contributed by atoms with Crippen molar-refractivity contribution in [2.75, 3.05) is 12.4 Å². The van der Waals surface area contributed by atoms with Gasteiger partial charge in [-0.25, -0.2) is 9.97 Å². The number of fused-ring (bicyclic) bond motifs is 1. The number of carbonyl (C=O) groups is 1. The minimum Gasteiger partial charge on any atom is -0.496 e. The van der Waals surface area contributed by atoms with E-state index in [1.54, 1.807) is 7.11 Å². The van der Waals surface area contributed by atoms with Crippen molar-refractivity contribution in [1.29, 1.82) is 0 Å². The second-order valence-electron chi connectivity index (χ2n) is 8.60. The predicted octanol–water partition coefficient (Wildman–Crippen LogP) is 4.31. The lowest BCUT2D eigenvalue weighted by molar-refractivity contribution is 0.0728. The second-order valence-corrected chi connectivity index (χ2v) is 8.60. The Morgan fingerprint density at radius 1 is 1.30 bits per heavy atom. The molecule has 0 saturated heterocycles.